The Balaban J connectivity index is 2.41. The Hall–Kier alpha value is -1.96. The largest absolute Gasteiger partial charge is 0.322 e. The zero-order chi connectivity index (χ0) is 18.1. The van der Waals surface area contributed by atoms with Crippen molar-refractivity contribution in [2.45, 2.75) is 11.8 Å². The van der Waals surface area contributed by atoms with Crippen molar-refractivity contribution in [1.29, 1.82) is 0 Å². The van der Waals surface area contributed by atoms with Gasteiger partial charge in [-0.15, -0.1) is 0 Å². The molecule has 0 saturated heterocycles. The summed E-state index contributed by atoms with van der Waals surface area (Å²) in [5.74, 6) is -1.57. The Morgan fingerprint density at radius 1 is 1.17 bits per heavy atom. The molecular formula is C16H16ClFN2O3S. The lowest BCUT2D eigenvalue weighted by molar-refractivity contribution is 0.102. The molecule has 0 radical (unpaired) electrons. The van der Waals surface area contributed by atoms with Crippen LogP contribution in [0.3, 0.4) is 0 Å². The fourth-order valence-electron chi connectivity index (χ4n) is 1.97. The molecule has 2 rings (SSSR count). The first-order valence-electron chi connectivity index (χ1n) is 6.92. The standard InChI is InChI=1S/C16H16ClFN2O3S/c1-10-4-5-11(17)8-15(10)19-16(21)13-9-12(6-7-14(13)18)24(22,23)20(2)3/h4-9H,1-3H3,(H,19,21). The fraction of sp³-hybridized carbons (Fsp3) is 0.188. The van der Waals surface area contributed by atoms with Gasteiger partial charge in [0.05, 0.1) is 10.5 Å². The van der Waals surface area contributed by atoms with Gasteiger partial charge < -0.3 is 5.32 Å². The lowest BCUT2D eigenvalue weighted by atomic mass is 10.1. The molecule has 2 aromatic carbocycles. The maximum Gasteiger partial charge on any atom is 0.258 e. The van der Waals surface area contributed by atoms with Gasteiger partial charge in [-0.25, -0.2) is 17.1 Å². The van der Waals surface area contributed by atoms with Crippen molar-refractivity contribution >= 4 is 33.2 Å². The molecule has 0 bridgehead atoms. The van der Waals surface area contributed by atoms with Gasteiger partial charge in [0, 0.05) is 24.8 Å². The van der Waals surface area contributed by atoms with Crippen LogP contribution in [-0.4, -0.2) is 32.7 Å². The maximum absolute atomic E-state index is 14.0. The predicted molar refractivity (Wildman–Crippen MR) is 91.4 cm³/mol. The van der Waals surface area contributed by atoms with Crippen LogP contribution in [0.2, 0.25) is 5.02 Å². The molecule has 0 spiro atoms. The highest BCUT2D eigenvalue weighted by Gasteiger charge is 2.21. The molecular weight excluding hydrogens is 355 g/mol. The summed E-state index contributed by atoms with van der Waals surface area (Å²) in [6.07, 6.45) is 0. The van der Waals surface area contributed by atoms with Crippen LogP contribution in [0.25, 0.3) is 0 Å². The molecule has 0 saturated carbocycles. The van der Waals surface area contributed by atoms with Crippen LogP contribution in [0.15, 0.2) is 41.3 Å². The van der Waals surface area contributed by atoms with E-state index in [4.69, 9.17) is 11.6 Å². The van der Waals surface area contributed by atoms with Gasteiger partial charge in [-0.1, -0.05) is 17.7 Å². The lowest BCUT2D eigenvalue weighted by Gasteiger charge is -2.13. The molecule has 0 heterocycles. The molecule has 0 aliphatic carbocycles. The molecule has 0 atom stereocenters. The number of benzene rings is 2. The van der Waals surface area contributed by atoms with Gasteiger partial charge in [-0.3, -0.25) is 4.79 Å². The third kappa shape index (κ3) is 3.75. The van der Waals surface area contributed by atoms with E-state index in [2.05, 4.69) is 5.32 Å². The number of nitrogens with one attached hydrogen (secondary N) is 1. The number of anilines is 1. The van der Waals surface area contributed by atoms with Crippen LogP contribution in [0, 0.1) is 12.7 Å². The van der Waals surface area contributed by atoms with Crippen molar-refractivity contribution in [2.24, 2.45) is 0 Å². The Kier molecular flexibility index (Phi) is 5.27. The van der Waals surface area contributed by atoms with Crippen molar-refractivity contribution in [1.82, 2.24) is 4.31 Å². The summed E-state index contributed by atoms with van der Waals surface area (Å²) in [7, 11) is -1.06. The van der Waals surface area contributed by atoms with Crippen molar-refractivity contribution in [2.75, 3.05) is 19.4 Å². The average Bonchev–Trinajstić information content (AvgIpc) is 2.50. The molecule has 24 heavy (non-hydrogen) atoms. The van der Waals surface area contributed by atoms with Crippen molar-refractivity contribution in [3.05, 3.63) is 58.4 Å². The van der Waals surface area contributed by atoms with E-state index in [1.165, 1.54) is 20.2 Å². The zero-order valence-corrected chi connectivity index (χ0v) is 14.9. The molecule has 0 aromatic heterocycles. The Morgan fingerprint density at radius 2 is 1.83 bits per heavy atom. The quantitative estimate of drug-likeness (QED) is 0.898. The molecule has 0 aliphatic heterocycles. The summed E-state index contributed by atoms with van der Waals surface area (Å²) in [5.41, 5.74) is 0.801. The SMILES string of the molecule is Cc1ccc(Cl)cc1NC(=O)c1cc(S(=O)(=O)N(C)C)ccc1F. The van der Waals surface area contributed by atoms with Gasteiger partial charge in [0.25, 0.3) is 5.91 Å². The van der Waals surface area contributed by atoms with Crippen LogP contribution >= 0.6 is 11.6 Å². The smallest absolute Gasteiger partial charge is 0.258 e. The molecule has 0 unspecified atom stereocenters. The number of nitrogens with zero attached hydrogens (tertiary/aromatic N) is 1. The number of halogens is 2. The average molecular weight is 371 g/mol. The molecule has 128 valence electrons. The summed E-state index contributed by atoms with van der Waals surface area (Å²) < 4.78 is 39.2. The summed E-state index contributed by atoms with van der Waals surface area (Å²) >= 11 is 5.89. The molecule has 1 N–H and O–H groups in total. The van der Waals surface area contributed by atoms with Crippen molar-refractivity contribution < 1.29 is 17.6 Å². The highest BCUT2D eigenvalue weighted by molar-refractivity contribution is 7.89. The van der Waals surface area contributed by atoms with E-state index < -0.39 is 21.7 Å². The van der Waals surface area contributed by atoms with E-state index >= 15 is 0 Å². The Morgan fingerprint density at radius 3 is 2.46 bits per heavy atom. The summed E-state index contributed by atoms with van der Waals surface area (Å²) in [6, 6.07) is 7.99. The van der Waals surface area contributed by atoms with Crippen LogP contribution in [0.5, 0.6) is 0 Å². The molecule has 2 aromatic rings. The van der Waals surface area contributed by atoms with Crippen LogP contribution in [0.1, 0.15) is 15.9 Å². The second kappa shape index (κ2) is 6.88. The highest BCUT2D eigenvalue weighted by Crippen LogP contribution is 2.23. The molecule has 0 fully saturated rings. The minimum atomic E-state index is -3.77. The summed E-state index contributed by atoms with van der Waals surface area (Å²) in [6.45, 7) is 1.76. The number of rotatable bonds is 4. The number of hydrogen-bond donors (Lipinski definition) is 1. The highest BCUT2D eigenvalue weighted by atomic mass is 35.5. The van der Waals surface area contributed by atoms with Gasteiger partial charge in [0.2, 0.25) is 10.0 Å². The first kappa shape index (κ1) is 18.4. The Labute approximate surface area is 145 Å². The van der Waals surface area contributed by atoms with Crippen LogP contribution in [-0.2, 0) is 10.0 Å². The van der Waals surface area contributed by atoms with E-state index in [-0.39, 0.29) is 10.5 Å². The predicted octanol–water partition coefficient (Wildman–Crippen LogP) is 3.29. The topological polar surface area (TPSA) is 66.5 Å². The van der Waals surface area contributed by atoms with Crippen LogP contribution < -0.4 is 5.32 Å². The summed E-state index contributed by atoms with van der Waals surface area (Å²) in [4.78, 5) is 12.2. The minimum absolute atomic E-state index is 0.165. The minimum Gasteiger partial charge on any atom is -0.322 e. The van der Waals surface area contributed by atoms with E-state index in [0.29, 0.717) is 10.7 Å². The van der Waals surface area contributed by atoms with Gasteiger partial charge in [-0.05, 0) is 42.8 Å². The first-order chi connectivity index (χ1) is 11.1. The monoisotopic (exact) mass is 370 g/mol. The van der Waals surface area contributed by atoms with E-state index in [1.807, 2.05) is 0 Å². The zero-order valence-electron chi connectivity index (χ0n) is 13.3. The number of amides is 1. The molecule has 0 aliphatic rings. The number of hydrogen-bond acceptors (Lipinski definition) is 3. The first-order valence-corrected chi connectivity index (χ1v) is 8.74. The van der Waals surface area contributed by atoms with Gasteiger partial charge >= 0.3 is 0 Å². The van der Waals surface area contributed by atoms with Crippen molar-refractivity contribution in [3.8, 4) is 0 Å². The van der Waals surface area contributed by atoms with Gasteiger partial charge in [-0.2, -0.15) is 0 Å². The Bertz CT molecular complexity index is 898. The number of carbonyl (C=O) groups excluding carboxylic acids is 1. The number of carbonyl (C=O) groups is 1. The molecule has 8 heteroatoms. The van der Waals surface area contributed by atoms with Gasteiger partial charge in [0.15, 0.2) is 0 Å². The lowest BCUT2D eigenvalue weighted by Crippen LogP contribution is -2.23. The van der Waals surface area contributed by atoms with E-state index in [9.17, 15) is 17.6 Å². The maximum atomic E-state index is 14.0. The second-order valence-electron chi connectivity index (χ2n) is 5.34. The fourth-order valence-corrected chi connectivity index (χ4v) is 3.07. The third-order valence-corrected chi connectivity index (χ3v) is 5.46. The molecule has 5 nitrogen and oxygen atoms in total. The third-order valence-electron chi connectivity index (χ3n) is 3.41. The van der Waals surface area contributed by atoms with Crippen molar-refractivity contribution in [3.63, 3.8) is 0 Å². The van der Waals surface area contributed by atoms with Gasteiger partial charge in [0.1, 0.15) is 5.82 Å². The van der Waals surface area contributed by atoms with E-state index in [0.717, 1.165) is 28.1 Å². The van der Waals surface area contributed by atoms with Crippen LogP contribution in [0.4, 0.5) is 10.1 Å². The summed E-state index contributed by atoms with van der Waals surface area (Å²) in [5, 5.41) is 2.96. The molecule has 1 amide bonds. The number of aryl methyl sites for hydroxylation is 1. The second-order valence-corrected chi connectivity index (χ2v) is 7.93. The number of sulfonamides is 1. The normalized spacial score (nSPS) is 11.6. The van der Waals surface area contributed by atoms with E-state index in [1.54, 1.807) is 19.1 Å².